The Labute approximate surface area is 241 Å². The standard InChI is InChI=1S/C29H31IN8O/c1-17-16-39-11-10-37(17)26-13-25(33-28(34-26)23-6-8-32-29-24(23)7-9-36(29)5)27-19(3)35-38(20(27)4)22-12-21(18(2)30)14-31-15-22/h6-9,12-15,17-18H,10-11,16H2,1-5H3/t17-,18?/m1/s1. The van der Waals surface area contributed by atoms with Gasteiger partial charge < -0.3 is 14.2 Å². The molecule has 0 amide bonds. The Morgan fingerprint density at radius 3 is 2.77 bits per heavy atom. The van der Waals surface area contributed by atoms with Gasteiger partial charge in [0.15, 0.2) is 5.82 Å². The topological polar surface area (TPSA) is 86.8 Å². The predicted octanol–water partition coefficient (Wildman–Crippen LogP) is 5.62. The molecule has 0 N–H and O–H groups in total. The Kier molecular flexibility index (Phi) is 6.84. The van der Waals surface area contributed by atoms with Gasteiger partial charge in [-0.15, -0.1) is 0 Å². The zero-order valence-electron chi connectivity index (χ0n) is 22.8. The number of hydrogen-bond donors (Lipinski definition) is 0. The first-order chi connectivity index (χ1) is 18.8. The van der Waals surface area contributed by atoms with Crippen LogP contribution in [-0.2, 0) is 11.8 Å². The number of rotatable bonds is 5. The number of aromatic nitrogens is 7. The van der Waals surface area contributed by atoms with Gasteiger partial charge in [-0.1, -0.05) is 22.6 Å². The van der Waals surface area contributed by atoms with E-state index in [0.717, 1.165) is 57.3 Å². The van der Waals surface area contributed by atoms with E-state index >= 15 is 0 Å². The highest BCUT2D eigenvalue weighted by Gasteiger charge is 2.25. The molecule has 0 aromatic carbocycles. The van der Waals surface area contributed by atoms with Crippen LogP contribution in [0.15, 0.2) is 49.1 Å². The fraction of sp³-hybridized carbons (Fsp3) is 0.345. The summed E-state index contributed by atoms with van der Waals surface area (Å²) in [6.45, 7) is 10.6. The van der Waals surface area contributed by atoms with Gasteiger partial charge in [-0.05, 0) is 51.5 Å². The molecule has 1 aliphatic rings. The summed E-state index contributed by atoms with van der Waals surface area (Å²) < 4.78 is 10.1. The average molecular weight is 635 g/mol. The number of halogens is 1. The van der Waals surface area contributed by atoms with Gasteiger partial charge >= 0.3 is 0 Å². The molecular weight excluding hydrogens is 603 g/mol. The lowest BCUT2D eigenvalue weighted by Gasteiger charge is -2.34. The molecule has 0 bridgehead atoms. The Balaban J connectivity index is 1.54. The van der Waals surface area contributed by atoms with Crippen molar-refractivity contribution in [3.05, 3.63) is 66.0 Å². The molecule has 1 aliphatic heterocycles. The highest BCUT2D eigenvalue weighted by Crippen LogP contribution is 2.34. The molecule has 39 heavy (non-hydrogen) atoms. The molecule has 2 atom stereocenters. The Morgan fingerprint density at radius 2 is 1.97 bits per heavy atom. The number of ether oxygens (including phenoxy) is 1. The van der Waals surface area contributed by atoms with E-state index in [1.165, 1.54) is 5.56 Å². The first-order valence-electron chi connectivity index (χ1n) is 13.1. The van der Waals surface area contributed by atoms with Gasteiger partial charge in [-0.25, -0.2) is 19.6 Å². The molecule has 200 valence electrons. The van der Waals surface area contributed by atoms with Crippen LogP contribution >= 0.6 is 22.6 Å². The van der Waals surface area contributed by atoms with Gasteiger partial charge in [0.25, 0.3) is 0 Å². The molecule has 0 radical (unpaired) electrons. The second-order valence-corrected chi connectivity index (χ2v) is 12.0. The minimum Gasteiger partial charge on any atom is -0.377 e. The monoisotopic (exact) mass is 634 g/mol. The summed E-state index contributed by atoms with van der Waals surface area (Å²) in [7, 11) is 2.00. The van der Waals surface area contributed by atoms with E-state index in [1.54, 1.807) is 0 Å². The van der Waals surface area contributed by atoms with Crippen molar-refractivity contribution in [3.63, 3.8) is 0 Å². The summed E-state index contributed by atoms with van der Waals surface area (Å²) in [5, 5.41) is 5.96. The zero-order chi connectivity index (χ0) is 27.3. The number of alkyl halides is 1. The lowest BCUT2D eigenvalue weighted by molar-refractivity contribution is 0.0985. The SMILES string of the molecule is Cc1nn(-c2cncc(C(C)I)c2)c(C)c1-c1cc(N2CCOC[C@H]2C)nc(-c2ccnc3c2ccn3C)n1. The normalized spacial score (nSPS) is 16.7. The van der Waals surface area contributed by atoms with Crippen LogP contribution in [0.2, 0.25) is 0 Å². The second kappa shape index (κ2) is 10.3. The maximum Gasteiger partial charge on any atom is 0.162 e. The van der Waals surface area contributed by atoms with Crippen LogP contribution in [0.25, 0.3) is 39.4 Å². The van der Waals surface area contributed by atoms with Crippen molar-refractivity contribution in [1.29, 1.82) is 0 Å². The smallest absolute Gasteiger partial charge is 0.162 e. The van der Waals surface area contributed by atoms with E-state index in [9.17, 15) is 0 Å². The largest absolute Gasteiger partial charge is 0.377 e. The summed E-state index contributed by atoms with van der Waals surface area (Å²) in [5.41, 5.74) is 7.75. The molecular formula is C29H31IN8O. The number of fused-ring (bicyclic) bond motifs is 1. The van der Waals surface area contributed by atoms with Gasteiger partial charge in [-0.3, -0.25) is 4.98 Å². The number of pyridine rings is 2. The maximum atomic E-state index is 5.72. The number of nitrogens with zero attached hydrogens (tertiary/aromatic N) is 8. The van der Waals surface area contributed by atoms with Crippen LogP contribution in [0.3, 0.4) is 0 Å². The van der Waals surface area contributed by atoms with E-state index in [1.807, 2.05) is 54.1 Å². The van der Waals surface area contributed by atoms with Gasteiger partial charge in [0.05, 0.1) is 48.2 Å². The van der Waals surface area contributed by atoms with Crippen LogP contribution in [0, 0.1) is 13.8 Å². The molecule has 0 aliphatic carbocycles. The third kappa shape index (κ3) is 4.69. The molecule has 10 heteroatoms. The summed E-state index contributed by atoms with van der Waals surface area (Å²) >= 11 is 2.41. The van der Waals surface area contributed by atoms with Crippen LogP contribution in [0.5, 0.6) is 0 Å². The van der Waals surface area contributed by atoms with E-state index in [0.29, 0.717) is 23.0 Å². The Bertz CT molecular complexity index is 1670. The van der Waals surface area contributed by atoms with Crippen molar-refractivity contribution in [1.82, 2.24) is 34.3 Å². The summed E-state index contributed by atoms with van der Waals surface area (Å²) in [6.07, 6.45) is 7.63. The predicted molar refractivity (Wildman–Crippen MR) is 162 cm³/mol. The fourth-order valence-corrected chi connectivity index (χ4v) is 5.64. The minimum absolute atomic E-state index is 0.206. The van der Waals surface area contributed by atoms with Gasteiger partial charge in [0.1, 0.15) is 11.5 Å². The molecule has 6 heterocycles. The van der Waals surface area contributed by atoms with Crippen molar-refractivity contribution in [2.45, 2.75) is 37.7 Å². The van der Waals surface area contributed by atoms with Crippen molar-refractivity contribution in [3.8, 4) is 28.3 Å². The molecule has 1 unspecified atom stereocenters. The molecule has 5 aromatic heterocycles. The number of hydrogen-bond acceptors (Lipinski definition) is 7. The molecule has 1 fully saturated rings. The van der Waals surface area contributed by atoms with Crippen molar-refractivity contribution < 1.29 is 4.74 Å². The molecule has 0 saturated carbocycles. The third-order valence-electron chi connectivity index (χ3n) is 7.38. The maximum absolute atomic E-state index is 5.72. The third-order valence-corrected chi connectivity index (χ3v) is 8.10. The number of morpholine rings is 1. The summed E-state index contributed by atoms with van der Waals surface area (Å²) in [4.78, 5) is 21.6. The van der Waals surface area contributed by atoms with Gasteiger partial charge in [-0.2, -0.15) is 5.10 Å². The molecule has 5 aromatic rings. The first kappa shape index (κ1) is 25.9. The lowest BCUT2D eigenvalue weighted by Crippen LogP contribution is -2.44. The van der Waals surface area contributed by atoms with Crippen molar-refractivity contribution >= 4 is 39.4 Å². The zero-order valence-corrected chi connectivity index (χ0v) is 24.9. The van der Waals surface area contributed by atoms with E-state index < -0.39 is 0 Å². The minimum atomic E-state index is 0.206. The summed E-state index contributed by atoms with van der Waals surface area (Å²) in [5.74, 6) is 1.56. The average Bonchev–Trinajstić information content (AvgIpc) is 3.47. The second-order valence-electron chi connectivity index (χ2n) is 10.1. The fourth-order valence-electron chi connectivity index (χ4n) is 5.30. The molecule has 9 nitrogen and oxygen atoms in total. The lowest BCUT2D eigenvalue weighted by atomic mass is 10.1. The van der Waals surface area contributed by atoms with Gasteiger partial charge in [0, 0.05) is 58.7 Å². The quantitative estimate of drug-likeness (QED) is 0.183. The Hall–Kier alpha value is -3.38. The highest BCUT2D eigenvalue weighted by atomic mass is 127. The van der Waals surface area contributed by atoms with Gasteiger partial charge in [0.2, 0.25) is 0 Å². The first-order valence-corrected chi connectivity index (χ1v) is 14.4. The Morgan fingerprint density at radius 1 is 1.13 bits per heavy atom. The highest BCUT2D eigenvalue weighted by molar-refractivity contribution is 14.1. The van der Waals surface area contributed by atoms with Crippen LogP contribution in [0.1, 0.15) is 34.7 Å². The van der Waals surface area contributed by atoms with E-state index in [4.69, 9.17) is 19.8 Å². The van der Waals surface area contributed by atoms with Crippen LogP contribution in [-0.4, -0.2) is 60.1 Å². The molecule has 0 spiro atoms. The molecule has 1 saturated heterocycles. The number of anilines is 1. The van der Waals surface area contributed by atoms with E-state index in [-0.39, 0.29) is 6.04 Å². The van der Waals surface area contributed by atoms with Crippen molar-refractivity contribution in [2.75, 3.05) is 24.7 Å². The van der Waals surface area contributed by atoms with Crippen molar-refractivity contribution in [2.24, 2.45) is 7.05 Å². The summed E-state index contributed by atoms with van der Waals surface area (Å²) in [6, 6.07) is 8.53. The molecule has 6 rings (SSSR count). The van der Waals surface area contributed by atoms with Crippen LogP contribution < -0.4 is 4.90 Å². The van der Waals surface area contributed by atoms with Crippen LogP contribution in [0.4, 0.5) is 5.82 Å². The number of aryl methyl sites for hydroxylation is 2. The van der Waals surface area contributed by atoms with E-state index in [2.05, 4.69) is 76.4 Å².